The molecule has 5 heteroatoms. The van der Waals surface area contributed by atoms with Gasteiger partial charge in [-0.2, -0.15) is 8.42 Å². The number of benzene rings is 3. The quantitative estimate of drug-likeness (QED) is 0.721. The fraction of sp³-hybridized carbons (Fsp3) is 0. The molecular weight excluding hydrogens is 286 g/mol. The van der Waals surface area contributed by atoms with Crippen molar-refractivity contribution in [2.75, 3.05) is 5.32 Å². The Balaban J connectivity index is 2.06. The Morgan fingerprint density at radius 1 is 0.810 bits per heavy atom. The fourth-order valence-corrected chi connectivity index (χ4v) is 2.96. The Hall–Kier alpha value is -2.37. The summed E-state index contributed by atoms with van der Waals surface area (Å²) in [4.78, 5) is -0.0775. The topological polar surface area (TPSA) is 66.4 Å². The van der Waals surface area contributed by atoms with E-state index in [0.29, 0.717) is 5.39 Å². The van der Waals surface area contributed by atoms with Gasteiger partial charge in [0.2, 0.25) is 0 Å². The smallest absolute Gasteiger partial charge is 0.295 e. The first-order valence-corrected chi connectivity index (χ1v) is 7.80. The van der Waals surface area contributed by atoms with Crippen LogP contribution in [0, 0.1) is 0 Å². The third-order valence-corrected chi connectivity index (χ3v) is 4.09. The van der Waals surface area contributed by atoms with Gasteiger partial charge in [0.25, 0.3) is 10.1 Å². The summed E-state index contributed by atoms with van der Waals surface area (Å²) in [5.74, 6) is 0. The van der Waals surface area contributed by atoms with E-state index in [0.717, 1.165) is 16.8 Å². The van der Waals surface area contributed by atoms with Crippen LogP contribution in [0.15, 0.2) is 71.6 Å². The highest BCUT2D eigenvalue weighted by Gasteiger charge is 2.13. The molecule has 0 atom stereocenters. The number of hydrogen-bond donors (Lipinski definition) is 2. The zero-order valence-corrected chi connectivity index (χ0v) is 11.8. The van der Waals surface area contributed by atoms with Gasteiger partial charge in [0.1, 0.15) is 4.90 Å². The average molecular weight is 299 g/mol. The van der Waals surface area contributed by atoms with E-state index >= 15 is 0 Å². The van der Waals surface area contributed by atoms with Gasteiger partial charge in [-0.25, -0.2) is 0 Å². The molecule has 0 saturated heterocycles. The molecule has 0 spiro atoms. The van der Waals surface area contributed by atoms with Crippen molar-refractivity contribution >= 4 is 32.3 Å². The largest absolute Gasteiger partial charge is 0.356 e. The fourth-order valence-electron chi connectivity index (χ4n) is 2.24. The first-order valence-electron chi connectivity index (χ1n) is 6.36. The highest BCUT2D eigenvalue weighted by molar-refractivity contribution is 7.86. The number of nitrogens with one attached hydrogen (secondary N) is 1. The average Bonchev–Trinajstić information content (AvgIpc) is 2.46. The Morgan fingerprint density at radius 2 is 1.57 bits per heavy atom. The lowest BCUT2D eigenvalue weighted by atomic mass is 10.1. The summed E-state index contributed by atoms with van der Waals surface area (Å²) in [5, 5.41) is 4.48. The molecule has 2 N–H and O–H groups in total. The van der Waals surface area contributed by atoms with Crippen molar-refractivity contribution in [3.8, 4) is 0 Å². The molecule has 0 unspecified atom stereocenters. The van der Waals surface area contributed by atoms with E-state index in [2.05, 4.69) is 5.32 Å². The molecule has 21 heavy (non-hydrogen) atoms. The molecule has 0 aromatic heterocycles. The van der Waals surface area contributed by atoms with Gasteiger partial charge in [0, 0.05) is 16.8 Å². The van der Waals surface area contributed by atoms with Crippen molar-refractivity contribution in [2.24, 2.45) is 0 Å². The Morgan fingerprint density at radius 3 is 2.29 bits per heavy atom. The third-order valence-electron chi connectivity index (χ3n) is 3.18. The maximum Gasteiger partial charge on any atom is 0.295 e. The summed E-state index contributed by atoms with van der Waals surface area (Å²) in [6, 6.07) is 19.8. The number of para-hydroxylation sites is 1. The van der Waals surface area contributed by atoms with Crippen LogP contribution in [0.5, 0.6) is 0 Å². The Kier molecular flexibility index (Phi) is 3.37. The molecule has 4 nitrogen and oxygen atoms in total. The van der Waals surface area contributed by atoms with Crippen LogP contribution in [-0.4, -0.2) is 13.0 Å². The van der Waals surface area contributed by atoms with Gasteiger partial charge in [-0.3, -0.25) is 4.55 Å². The van der Waals surface area contributed by atoms with Gasteiger partial charge in [-0.15, -0.1) is 0 Å². The molecule has 0 radical (unpaired) electrons. The first kappa shape index (κ1) is 13.6. The van der Waals surface area contributed by atoms with E-state index in [4.69, 9.17) is 0 Å². The lowest BCUT2D eigenvalue weighted by molar-refractivity contribution is 0.484. The molecule has 0 aliphatic rings. The van der Waals surface area contributed by atoms with E-state index in [1.165, 1.54) is 6.07 Å². The predicted octanol–water partition coefficient (Wildman–Crippen LogP) is 3.83. The van der Waals surface area contributed by atoms with Crippen LogP contribution in [-0.2, 0) is 10.1 Å². The van der Waals surface area contributed by atoms with Crippen LogP contribution in [0.25, 0.3) is 10.8 Å². The minimum Gasteiger partial charge on any atom is -0.356 e. The Labute approximate surface area is 122 Å². The summed E-state index contributed by atoms with van der Waals surface area (Å²) in [5.41, 5.74) is 1.80. The summed E-state index contributed by atoms with van der Waals surface area (Å²) in [6.07, 6.45) is 0. The monoisotopic (exact) mass is 299 g/mol. The molecule has 3 rings (SSSR count). The first-order chi connectivity index (χ1) is 10.0. The van der Waals surface area contributed by atoms with Crippen molar-refractivity contribution < 1.29 is 13.0 Å². The minimum absolute atomic E-state index is 0.0775. The SMILES string of the molecule is O=S(=O)(O)c1cccc2cc(Nc3ccccc3)ccc12. The van der Waals surface area contributed by atoms with E-state index < -0.39 is 10.1 Å². The van der Waals surface area contributed by atoms with E-state index in [1.807, 2.05) is 36.4 Å². The standard InChI is InChI=1S/C16H13NO3S/c18-21(19,20)16-8-4-5-12-11-14(9-10-15(12)16)17-13-6-2-1-3-7-13/h1-11,17H,(H,18,19,20). The Bertz CT molecular complexity index is 890. The minimum atomic E-state index is -4.22. The number of anilines is 2. The number of rotatable bonds is 3. The van der Waals surface area contributed by atoms with Crippen molar-refractivity contribution in [3.63, 3.8) is 0 Å². The molecular formula is C16H13NO3S. The summed E-state index contributed by atoms with van der Waals surface area (Å²) >= 11 is 0. The molecule has 3 aromatic carbocycles. The highest BCUT2D eigenvalue weighted by atomic mass is 32.2. The molecule has 106 valence electrons. The van der Waals surface area contributed by atoms with Crippen LogP contribution in [0.3, 0.4) is 0 Å². The highest BCUT2D eigenvalue weighted by Crippen LogP contribution is 2.27. The second-order valence-electron chi connectivity index (χ2n) is 4.66. The molecule has 0 fully saturated rings. The van der Waals surface area contributed by atoms with Crippen LogP contribution in [0.2, 0.25) is 0 Å². The zero-order valence-electron chi connectivity index (χ0n) is 11.0. The van der Waals surface area contributed by atoms with Crippen LogP contribution in [0.4, 0.5) is 11.4 Å². The van der Waals surface area contributed by atoms with E-state index in [9.17, 15) is 13.0 Å². The van der Waals surface area contributed by atoms with Gasteiger partial charge < -0.3 is 5.32 Å². The zero-order chi connectivity index (χ0) is 14.9. The van der Waals surface area contributed by atoms with Gasteiger partial charge in [-0.1, -0.05) is 36.4 Å². The molecule has 0 saturated carbocycles. The van der Waals surface area contributed by atoms with Gasteiger partial charge in [0.05, 0.1) is 0 Å². The van der Waals surface area contributed by atoms with Crippen molar-refractivity contribution in [2.45, 2.75) is 4.90 Å². The number of fused-ring (bicyclic) bond motifs is 1. The lowest BCUT2D eigenvalue weighted by Crippen LogP contribution is -1.99. The molecule has 0 heterocycles. The van der Waals surface area contributed by atoms with Crippen molar-refractivity contribution in [1.82, 2.24) is 0 Å². The van der Waals surface area contributed by atoms with Gasteiger partial charge in [0.15, 0.2) is 0 Å². The summed E-state index contributed by atoms with van der Waals surface area (Å²) in [6.45, 7) is 0. The molecule has 0 amide bonds. The second kappa shape index (κ2) is 5.20. The molecule has 3 aromatic rings. The normalized spacial score (nSPS) is 11.5. The molecule has 0 bridgehead atoms. The van der Waals surface area contributed by atoms with Crippen LogP contribution < -0.4 is 5.32 Å². The van der Waals surface area contributed by atoms with Crippen molar-refractivity contribution in [1.29, 1.82) is 0 Å². The second-order valence-corrected chi connectivity index (χ2v) is 6.05. The third kappa shape index (κ3) is 2.89. The molecule has 0 aliphatic carbocycles. The summed E-state index contributed by atoms with van der Waals surface area (Å²) < 4.78 is 32.0. The lowest BCUT2D eigenvalue weighted by Gasteiger charge is -2.09. The maximum atomic E-state index is 11.4. The van der Waals surface area contributed by atoms with Gasteiger partial charge >= 0.3 is 0 Å². The van der Waals surface area contributed by atoms with Gasteiger partial charge in [-0.05, 0) is 35.7 Å². The van der Waals surface area contributed by atoms with Crippen LogP contribution in [0.1, 0.15) is 0 Å². The number of hydrogen-bond acceptors (Lipinski definition) is 3. The van der Waals surface area contributed by atoms with Crippen molar-refractivity contribution in [3.05, 3.63) is 66.7 Å². The predicted molar refractivity (Wildman–Crippen MR) is 83.5 cm³/mol. The maximum absolute atomic E-state index is 11.4. The van der Waals surface area contributed by atoms with E-state index in [1.54, 1.807) is 24.3 Å². The van der Waals surface area contributed by atoms with Crippen LogP contribution >= 0.6 is 0 Å². The summed E-state index contributed by atoms with van der Waals surface area (Å²) in [7, 11) is -4.22. The molecule has 0 aliphatic heterocycles. The van der Waals surface area contributed by atoms with E-state index in [-0.39, 0.29) is 4.90 Å².